The second kappa shape index (κ2) is 7.71. The molecule has 1 N–H and O–H groups in total. The van der Waals surface area contributed by atoms with Crippen molar-refractivity contribution in [2.45, 2.75) is 45.6 Å². The number of aromatic nitrogens is 2. The molecule has 4 nitrogen and oxygen atoms in total. The summed E-state index contributed by atoms with van der Waals surface area (Å²) in [4.78, 5) is 2.58. The molecule has 0 saturated carbocycles. The molecule has 1 aromatic carbocycles. The number of piperidine rings is 1. The van der Waals surface area contributed by atoms with E-state index in [2.05, 4.69) is 47.3 Å². The minimum Gasteiger partial charge on any atom is -0.367 e. The molecule has 0 spiro atoms. The number of rotatable bonds is 5. The minimum absolute atomic E-state index is 0.116. The zero-order valence-electron chi connectivity index (χ0n) is 15.3. The summed E-state index contributed by atoms with van der Waals surface area (Å²) in [5.41, 5.74) is 3.16. The number of nitrogens with zero attached hydrogens (tertiary/aromatic N) is 3. The van der Waals surface area contributed by atoms with Gasteiger partial charge in [0.05, 0.1) is 5.69 Å². The van der Waals surface area contributed by atoms with E-state index in [1.54, 1.807) is 0 Å². The van der Waals surface area contributed by atoms with Gasteiger partial charge >= 0.3 is 0 Å². The summed E-state index contributed by atoms with van der Waals surface area (Å²) in [6.07, 6.45) is 3.97. The van der Waals surface area contributed by atoms with Crippen molar-refractivity contribution in [1.82, 2.24) is 15.1 Å². The monoisotopic (exact) mass is 358 g/mol. The van der Waals surface area contributed by atoms with Gasteiger partial charge < -0.3 is 5.32 Å². The maximum Gasteiger partial charge on any atom is 0.149 e. The van der Waals surface area contributed by atoms with E-state index in [-0.39, 0.29) is 5.54 Å². The summed E-state index contributed by atoms with van der Waals surface area (Å²) in [5.74, 6) is 0.834. The molecule has 25 heavy (non-hydrogen) atoms. The maximum absolute atomic E-state index is 5.96. The third-order valence-electron chi connectivity index (χ3n) is 5.02. The average molecular weight is 359 g/mol. The Bertz CT molecular complexity index is 706. The van der Waals surface area contributed by atoms with Gasteiger partial charge in [0.2, 0.25) is 0 Å². The van der Waals surface area contributed by atoms with Gasteiger partial charge in [-0.25, -0.2) is 0 Å². The maximum atomic E-state index is 5.96. The van der Waals surface area contributed by atoms with Gasteiger partial charge in [0.25, 0.3) is 0 Å². The van der Waals surface area contributed by atoms with E-state index in [9.17, 15) is 0 Å². The van der Waals surface area contributed by atoms with Crippen LogP contribution in [0.25, 0.3) is 11.3 Å². The van der Waals surface area contributed by atoms with Crippen LogP contribution in [0.1, 0.15) is 38.7 Å². The Balaban J connectivity index is 1.67. The van der Waals surface area contributed by atoms with E-state index in [0.29, 0.717) is 0 Å². The normalized spacial score (nSPS) is 16.0. The lowest BCUT2D eigenvalue weighted by atomic mass is 9.98. The highest BCUT2D eigenvalue weighted by atomic mass is 35.5. The second-order valence-corrected chi connectivity index (χ2v) is 7.92. The Hall–Kier alpha value is -1.65. The van der Waals surface area contributed by atoms with Gasteiger partial charge in [-0.15, -0.1) is 10.2 Å². The molecular formula is C20H27ClN4. The molecule has 5 heteroatoms. The Morgan fingerprint density at radius 1 is 1.08 bits per heavy atom. The van der Waals surface area contributed by atoms with Crippen molar-refractivity contribution in [3.8, 4) is 11.3 Å². The van der Waals surface area contributed by atoms with Crippen molar-refractivity contribution in [3.05, 3.63) is 40.9 Å². The van der Waals surface area contributed by atoms with Crippen molar-refractivity contribution in [2.24, 2.45) is 0 Å². The van der Waals surface area contributed by atoms with Gasteiger partial charge in [-0.1, -0.05) is 30.2 Å². The molecule has 2 aromatic rings. The molecule has 0 radical (unpaired) electrons. The summed E-state index contributed by atoms with van der Waals surface area (Å²) in [7, 11) is 0. The van der Waals surface area contributed by atoms with Crippen molar-refractivity contribution >= 4 is 17.4 Å². The smallest absolute Gasteiger partial charge is 0.149 e. The lowest BCUT2D eigenvalue weighted by Gasteiger charge is -2.41. The van der Waals surface area contributed by atoms with Gasteiger partial charge in [-0.05, 0) is 70.5 Å². The van der Waals surface area contributed by atoms with Gasteiger partial charge in [-0.2, -0.15) is 0 Å². The molecule has 134 valence electrons. The van der Waals surface area contributed by atoms with Crippen molar-refractivity contribution in [2.75, 3.05) is 25.0 Å². The highest BCUT2D eigenvalue weighted by Gasteiger charge is 2.27. The summed E-state index contributed by atoms with van der Waals surface area (Å²) in [6.45, 7) is 9.91. The number of benzene rings is 1. The van der Waals surface area contributed by atoms with Crippen LogP contribution in [0.2, 0.25) is 5.02 Å². The lowest BCUT2D eigenvalue weighted by Crippen LogP contribution is -2.50. The molecule has 0 atom stereocenters. The Kier molecular flexibility index (Phi) is 5.60. The topological polar surface area (TPSA) is 41.0 Å². The van der Waals surface area contributed by atoms with Crippen LogP contribution in [-0.2, 0) is 0 Å². The fourth-order valence-corrected chi connectivity index (χ4v) is 3.51. The molecule has 0 aliphatic carbocycles. The highest BCUT2D eigenvalue weighted by Crippen LogP contribution is 2.25. The Labute approximate surface area is 155 Å². The molecule has 0 unspecified atom stereocenters. The molecule has 1 aliphatic heterocycles. The summed E-state index contributed by atoms with van der Waals surface area (Å²) < 4.78 is 0. The SMILES string of the molecule is Cc1cc(NCC(C)(C)N2CCCCC2)nnc1-c1ccc(Cl)cc1. The zero-order chi connectivity index (χ0) is 17.9. The number of aryl methyl sites for hydroxylation is 1. The van der Waals surface area contributed by atoms with Gasteiger partial charge in [0.15, 0.2) is 0 Å². The Morgan fingerprint density at radius 2 is 1.76 bits per heavy atom. The summed E-state index contributed by atoms with van der Waals surface area (Å²) in [6, 6.07) is 9.79. The fourth-order valence-electron chi connectivity index (χ4n) is 3.38. The van der Waals surface area contributed by atoms with Crippen LogP contribution in [0.3, 0.4) is 0 Å². The predicted octanol–water partition coefficient (Wildman–Crippen LogP) is 4.78. The molecule has 0 bridgehead atoms. The van der Waals surface area contributed by atoms with Crippen LogP contribution in [0.15, 0.2) is 30.3 Å². The standard InChI is InChI=1S/C20H27ClN4/c1-15-13-18(22-14-20(2,3)25-11-5-4-6-12-25)23-24-19(15)16-7-9-17(21)10-8-16/h7-10,13H,4-6,11-12,14H2,1-3H3,(H,22,23). The van der Waals surface area contributed by atoms with E-state index in [1.165, 1.54) is 32.4 Å². The third-order valence-corrected chi connectivity index (χ3v) is 5.27. The van der Waals surface area contributed by atoms with E-state index < -0.39 is 0 Å². The van der Waals surface area contributed by atoms with Crippen LogP contribution in [0.4, 0.5) is 5.82 Å². The number of hydrogen-bond acceptors (Lipinski definition) is 4. The van der Waals surface area contributed by atoms with Crippen LogP contribution in [0.5, 0.6) is 0 Å². The fraction of sp³-hybridized carbons (Fsp3) is 0.500. The van der Waals surface area contributed by atoms with E-state index in [0.717, 1.165) is 34.2 Å². The number of halogens is 1. The first kappa shape index (κ1) is 18.2. The summed E-state index contributed by atoms with van der Waals surface area (Å²) >= 11 is 5.96. The quantitative estimate of drug-likeness (QED) is 0.834. The largest absolute Gasteiger partial charge is 0.367 e. The molecule has 2 heterocycles. The number of hydrogen-bond donors (Lipinski definition) is 1. The first-order valence-corrected chi connectivity index (χ1v) is 9.43. The Morgan fingerprint density at radius 3 is 2.40 bits per heavy atom. The van der Waals surface area contributed by atoms with E-state index in [4.69, 9.17) is 11.6 Å². The summed E-state index contributed by atoms with van der Waals surface area (Å²) in [5, 5.41) is 13.0. The van der Waals surface area contributed by atoms with Gasteiger partial charge in [-0.3, -0.25) is 4.90 Å². The van der Waals surface area contributed by atoms with Crippen molar-refractivity contribution in [1.29, 1.82) is 0 Å². The van der Waals surface area contributed by atoms with Crippen molar-refractivity contribution < 1.29 is 0 Å². The molecule has 1 saturated heterocycles. The second-order valence-electron chi connectivity index (χ2n) is 7.48. The highest BCUT2D eigenvalue weighted by molar-refractivity contribution is 6.30. The van der Waals surface area contributed by atoms with Crippen LogP contribution >= 0.6 is 11.6 Å². The molecule has 1 aromatic heterocycles. The number of nitrogens with one attached hydrogen (secondary N) is 1. The molecule has 3 rings (SSSR count). The van der Waals surface area contributed by atoms with Crippen LogP contribution in [0, 0.1) is 6.92 Å². The van der Waals surface area contributed by atoms with Gasteiger partial charge in [0, 0.05) is 22.7 Å². The molecule has 1 aliphatic rings. The average Bonchev–Trinajstić information content (AvgIpc) is 2.62. The molecular weight excluding hydrogens is 332 g/mol. The van der Waals surface area contributed by atoms with Crippen LogP contribution < -0.4 is 5.32 Å². The first-order valence-electron chi connectivity index (χ1n) is 9.05. The number of likely N-dealkylation sites (tertiary alicyclic amines) is 1. The first-order chi connectivity index (χ1) is 12.0. The van der Waals surface area contributed by atoms with Crippen LogP contribution in [-0.4, -0.2) is 40.3 Å². The third kappa shape index (κ3) is 4.50. The minimum atomic E-state index is 0.116. The van der Waals surface area contributed by atoms with Gasteiger partial charge in [0.1, 0.15) is 5.82 Å². The predicted molar refractivity (Wildman–Crippen MR) is 105 cm³/mol. The zero-order valence-corrected chi connectivity index (χ0v) is 16.1. The lowest BCUT2D eigenvalue weighted by molar-refractivity contribution is 0.105. The van der Waals surface area contributed by atoms with E-state index >= 15 is 0 Å². The molecule has 1 fully saturated rings. The van der Waals surface area contributed by atoms with E-state index in [1.807, 2.05) is 24.3 Å². The molecule has 0 amide bonds. The number of anilines is 1. The van der Waals surface area contributed by atoms with Crippen molar-refractivity contribution in [3.63, 3.8) is 0 Å².